The fourth-order valence-corrected chi connectivity index (χ4v) is 1.03. The Labute approximate surface area is 60.3 Å². The van der Waals surface area contributed by atoms with Crippen molar-refractivity contribution in [1.82, 2.24) is 9.78 Å². The van der Waals surface area contributed by atoms with Crippen molar-refractivity contribution < 1.29 is 5.11 Å². The molecule has 0 aliphatic heterocycles. The molecule has 0 atom stereocenters. The van der Waals surface area contributed by atoms with Crippen LogP contribution in [0, 0.1) is 13.8 Å². The molecule has 1 aromatic heterocycles. The summed E-state index contributed by atoms with van der Waals surface area (Å²) in [5, 5.41) is 14.6. The maximum Gasteiger partial charge on any atom is 0.111 e. The molecule has 1 heterocycles. The Hall–Kier alpha value is -0.830. The highest BCUT2D eigenvalue weighted by Crippen LogP contribution is 2.10. The Morgan fingerprint density at radius 3 is 2.30 bits per heavy atom. The number of hydrogen-bond donors (Lipinski definition) is 0. The molecular formula is C7H11N2O. The highest BCUT2D eigenvalue weighted by molar-refractivity contribution is 5.22. The van der Waals surface area contributed by atoms with E-state index in [1.165, 1.54) is 0 Å². The Morgan fingerprint density at radius 2 is 2.10 bits per heavy atom. The zero-order valence-corrected chi connectivity index (χ0v) is 6.51. The van der Waals surface area contributed by atoms with E-state index >= 15 is 0 Å². The van der Waals surface area contributed by atoms with Gasteiger partial charge in [-0.05, 0) is 13.8 Å². The van der Waals surface area contributed by atoms with Crippen LogP contribution in [-0.2, 0) is 18.8 Å². The Bertz CT molecular complexity index is 240. The molecule has 1 radical (unpaired) electrons. The summed E-state index contributed by atoms with van der Waals surface area (Å²) in [7, 11) is 1.85. The molecule has 55 valence electrons. The van der Waals surface area contributed by atoms with Gasteiger partial charge in [0, 0.05) is 18.3 Å². The third-order valence-electron chi connectivity index (χ3n) is 1.80. The first-order valence-corrected chi connectivity index (χ1v) is 3.24. The van der Waals surface area contributed by atoms with Gasteiger partial charge in [0.25, 0.3) is 0 Å². The second kappa shape index (κ2) is 2.42. The van der Waals surface area contributed by atoms with Crippen molar-refractivity contribution in [1.29, 1.82) is 0 Å². The topological polar surface area (TPSA) is 37.7 Å². The van der Waals surface area contributed by atoms with Crippen LogP contribution in [0.4, 0.5) is 0 Å². The number of rotatable bonds is 1. The van der Waals surface area contributed by atoms with Crippen molar-refractivity contribution in [3.63, 3.8) is 0 Å². The summed E-state index contributed by atoms with van der Waals surface area (Å²) < 4.78 is 1.74. The highest BCUT2D eigenvalue weighted by Gasteiger charge is 2.06. The zero-order chi connectivity index (χ0) is 7.72. The minimum atomic E-state index is -0.161. The van der Waals surface area contributed by atoms with Gasteiger partial charge in [-0.2, -0.15) is 5.10 Å². The largest absolute Gasteiger partial charge is 0.272 e. The van der Waals surface area contributed by atoms with Crippen molar-refractivity contribution in [3.8, 4) is 0 Å². The molecule has 0 saturated heterocycles. The van der Waals surface area contributed by atoms with Gasteiger partial charge >= 0.3 is 0 Å². The second-order valence-electron chi connectivity index (χ2n) is 2.42. The lowest BCUT2D eigenvalue weighted by molar-refractivity contribution is 0.176. The van der Waals surface area contributed by atoms with E-state index in [9.17, 15) is 5.11 Å². The van der Waals surface area contributed by atoms with Gasteiger partial charge in [-0.15, -0.1) is 0 Å². The monoisotopic (exact) mass is 139 g/mol. The van der Waals surface area contributed by atoms with Gasteiger partial charge in [-0.25, -0.2) is 5.11 Å². The van der Waals surface area contributed by atoms with Crippen LogP contribution < -0.4 is 0 Å². The lowest BCUT2D eigenvalue weighted by Crippen LogP contribution is -1.93. The molecule has 3 heteroatoms. The van der Waals surface area contributed by atoms with Crippen molar-refractivity contribution in [3.05, 3.63) is 17.0 Å². The SMILES string of the molecule is Cc1nn(C)c(C)c1C[O]. The van der Waals surface area contributed by atoms with Crippen molar-refractivity contribution in [2.24, 2.45) is 7.05 Å². The van der Waals surface area contributed by atoms with E-state index in [2.05, 4.69) is 5.10 Å². The van der Waals surface area contributed by atoms with Gasteiger partial charge in [-0.1, -0.05) is 0 Å². The minimum absolute atomic E-state index is 0.161. The number of hydrogen-bond acceptors (Lipinski definition) is 1. The molecule has 3 nitrogen and oxygen atoms in total. The summed E-state index contributed by atoms with van der Waals surface area (Å²) in [4.78, 5) is 0. The fourth-order valence-electron chi connectivity index (χ4n) is 1.03. The Morgan fingerprint density at radius 1 is 1.50 bits per heavy atom. The summed E-state index contributed by atoms with van der Waals surface area (Å²) >= 11 is 0. The van der Waals surface area contributed by atoms with Crippen LogP contribution in [0.2, 0.25) is 0 Å². The predicted octanol–water partition coefficient (Wildman–Crippen LogP) is 0.967. The average molecular weight is 139 g/mol. The molecule has 0 aliphatic rings. The quantitative estimate of drug-likeness (QED) is 0.571. The smallest absolute Gasteiger partial charge is 0.111 e. The molecule has 0 spiro atoms. The second-order valence-corrected chi connectivity index (χ2v) is 2.42. The van der Waals surface area contributed by atoms with E-state index in [1.807, 2.05) is 20.9 Å². The van der Waals surface area contributed by atoms with E-state index in [0.717, 1.165) is 17.0 Å². The third-order valence-corrected chi connectivity index (χ3v) is 1.80. The molecule has 1 rings (SSSR count). The fraction of sp³-hybridized carbons (Fsp3) is 0.571. The molecule has 1 aromatic rings. The summed E-state index contributed by atoms with van der Waals surface area (Å²) in [6.07, 6.45) is 0. The first-order valence-electron chi connectivity index (χ1n) is 3.24. The molecule has 10 heavy (non-hydrogen) atoms. The van der Waals surface area contributed by atoms with E-state index in [4.69, 9.17) is 0 Å². The Kier molecular flexibility index (Phi) is 1.76. The first-order chi connectivity index (χ1) is 4.66. The van der Waals surface area contributed by atoms with Gasteiger partial charge in [0.05, 0.1) is 5.69 Å². The molecule has 0 bridgehead atoms. The standard InChI is InChI=1S/C7H11N2O/c1-5-7(4-10)6(2)9(3)8-5/h4H2,1-3H3. The maximum atomic E-state index is 10.5. The van der Waals surface area contributed by atoms with Crippen LogP contribution in [0.1, 0.15) is 17.0 Å². The third kappa shape index (κ3) is 0.926. The van der Waals surface area contributed by atoms with Gasteiger partial charge in [0.15, 0.2) is 0 Å². The van der Waals surface area contributed by atoms with Crippen LogP contribution in [0.3, 0.4) is 0 Å². The molecule has 0 amide bonds. The maximum absolute atomic E-state index is 10.5. The zero-order valence-electron chi connectivity index (χ0n) is 6.51. The summed E-state index contributed by atoms with van der Waals surface area (Å²) in [6, 6.07) is 0. The molecule has 0 aliphatic carbocycles. The van der Waals surface area contributed by atoms with Crippen LogP contribution in [0.5, 0.6) is 0 Å². The molecule has 0 saturated carbocycles. The van der Waals surface area contributed by atoms with Gasteiger partial charge in [0.2, 0.25) is 0 Å². The van der Waals surface area contributed by atoms with E-state index in [0.29, 0.717) is 0 Å². The molecular weight excluding hydrogens is 128 g/mol. The van der Waals surface area contributed by atoms with Crippen LogP contribution >= 0.6 is 0 Å². The minimum Gasteiger partial charge on any atom is -0.272 e. The van der Waals surface area contributed by atoms with Crippen LogP contribution in [-0.4, -0.2) is 9.78 Å². The van der Waals surface area contributed by atoms with Crippen molar-refractivity contribution in [2.75, 3.05) is 0 Å². The summed E-state index contributed by atoms with van der Waals surface area (Å²) in [5.41, 5.74) is 2.67. The number of aryl methyl sites for hydroxylation is 2. The molecule has 0 aromatic carbocycles. The number of nitrogens with zero attached hydrogens (tertiary/aromatic N) is 2. The van der Waals surface area contributed by atoms with Gasteiger partial charge in [0.1, 0.15) is 6.61 Å². The van der Waals surface area contributed by atoms with E-state index < -0.39 is 0 Å². The van der Waals surface area contributed by atoms with Crippen molar-refractivity contribution in [2.45, 2.75) is 20.5 Å². The lowest BCUT2D eigenvalue weighted by Gasteiger charge is -1.93. The molecule has 0 unspecified atom stereocenters. The lowest BCUT2D eigenvalue weighted by atomic mass is 10.2. The molecule has 0 fully saturated rings. The number of aromatic nitrogens is 2. The van der Waals surface area contributed by atoms with Crippen molar-refractivity contribution >= 4 is 0 Å². The summed E-state index contributed by atoms with van der Waals surface area (Å²) in [6.45, 7) is 3.61. The Balaban J connectivity index is 3.20. The predicted molar refractivity (Wildman–Crippen MR) is 37.1 cm³/mol. The van der Waals surface area contributed by atoms with Gasteiger partial charge in [-0.3, -0.25) is 4.68 Å². The average Bonchev–Trinajstić information content (AvgIpc) is 2.09. The van der Waals surface area contributed by atoms with E-state index in [1.54, 1.807) is 4.68 Å². The van der Waals surface area contributed by atoms with Crippen LogP contribution in [0.15, 0.2) is 0 Å². The van der Waals surface area contributed by atoms with Gasteiger partial charge < -0.3 is 0 Å². The molecule has 0 N–H and O–H groups in total. The van der Waals surface area contributed by atoms with E-state index in [-0.39, 0.29) is 6.61 Å². The summed E-state index contributed by atoms with van der Waals surface area (Å²) in [5.74, 6) is 0. The normalized spacial score (nSPS) is 10.4. The van der Waals surface area contributed by atoms with Crippen LogP contribution in [0.25, 0.3) is 0 Å². The highest BCUT2D eigenvalue weighted by atomic mass is 16.3. The first kappa shape index (κ1) is 7.28.